The fourth-order valence-corrected chi connectivity index (χ4v) is 4.56. The summed E-state index contributed by atoms with van der Waals surface area (Å²) in [7, 11) is 0. The molecule has 0 radical (unpaired) electrons. The van der Waals surface area contributed by atoms with Crippen molar-refractivity contribution >= 4 is 23.9 Å². The lowest BCUT2D eigenvalue weighted by molar-refractivity contribution is 0.402. The number of aromatic hydroxyl groups is 2. The van der Waals surface area contributed by atoms with Gasteiger partial charge in [0, 0.05) is 16.3 Å². The number of rotatable bonds is 11. The van der Waals surface area contributed by atoms with Crippen LogP contribution in [-0.4, -0.2) is 20.5 Å². The fourth-order valence-electron chi connectivity index (χ4n) is 2.41. The molecule has 25 heavy (non-hydrogen) atoms. The fraction of sp³-hybridized carbons (Fsp3) is 0.400. The highest BCUT2D eigenvalue weighted by Gasteiger charge is 2.11. The second-order valence-corrected chi connectivity index (χ2v) is 8.39. The van der Waals surface area contributed by atoms with E-state index in [1.165, 1.54) is 43.1 Å². The van der Waals surface area contributed by atoms with Gasteiger partial charge in [-0.3, -0.25) is 0 Å². The average Bonchev–Trinajstić information content (AvgIpc) is 2.62. The number of nitrogens with zero attached hydrogens (tertiary/aromatic N) is 1. The van der Waals surface area contributed by atoms with Gasteiger partial charge in [0.25, 0.3) is 0 Å². The molecule has 136 valence electrons. The van der Waals surface area contributed by atoms with Crippen LogP contribution in [-0.2, 0) is 0 Å². The van der Waals surface area contributed by atoms with Gasteiger partial charge < -0.3 is 10.2 Å². The number of phenols is 2. The molecule has 2 aromatic carbocycles. The molecule has 0 atom stereocenters. The number of benzene rings is 2. The van der Waals surface area contributed by atoms with Crippen molar-refractivity contribution in [2.45, 2.75) is 55.2 Å². The van der Waals surface area contributed by atoms with E-state index in [1.807, 2.05) is 24.3 Å². The Morgan fingerprint density at radius 3 is 2.16 bits per heavy atom. The molecule has 5 heteroatoms. The largest absolute Gasteiger partial charge is 0.504 e. The molecule has 0 spiro atoms. The number of phenolic OH excluding ortho intramolecular Hbond substituents is 2. The first kappa shape index (κ1) is 20.0. The van der Waals surface area contributed by atoms with E-state index in [0.717, 1.165) is 17.9 Å². The molecule has 0 aliphatic carbocycles. The van der Waals surface area contributed by atoms with Crippen LogP contribution < -0.4 is 0 Å². The highest BCUT2D eigenvalue weighted by Crippen LogP contribution is 2.37. The van der Waals surface area contributed by atoms with Crippen LogP contribution in [0.25, 0.3) is 0 Å². The van der Waals surface area contributed by atoms with E-state index < -0.39 is 0 Å². The third-order valence-corrected chi connectivity index (χ3v) is 5.97. The van der Waals surface area contributed by atoms with Crippen molar-refractivity contribution in [2.75, 3.05) is 6.54 Å². The van der Waals surface area contributed by atoms with E-state index >= 15 is 0 Å². The van der Waals surface area contributed by atoms with Crippen LogP contribution in [0.5, 0.6) is 11.5 Å². The van der Waals surface area contributed by atoms with Crippen LogP contribution in [0.3, 0.4) is 0 Å². The van der Waals surface area contributed by atoms with Crippen LogP contribution >= 0.6 is 23.9 Å². The Kier molecular flexibility index (Phi) is 9.08. The van der Waals surface area contributed by atoms with Gasteiger partial charge in [-0.2, -0.15) is 3.71 Å². The minimum absolute atomic E-state index is 0.0748. The highest BCUT2D eigenvalue weighted by molar-refractivity contribution is 8.12. The molecule has 0 aromatic heterocycles. The molecule has 2 aromatic rings. The van der Waals surface area contributed by atoms with Gasteiger partial charge in [-0.15, -0.1) is 0 Å². The number of hydrogen-bond donors (Lipinski definition) is 2. The first-order valence-electron chi connectivity index (χ1n) is 8.89. The van der Waals surface area contributed by atoms with E-state index in [4.69, 9.17) is 0 Å². The summed E-state index contributed by atoms with van der Waals surface area (Å²) in [5.74, 6) is -0.156. The second kappa shape index (κ2) is 11.3. The van der Waals surface area contributed by atoms with Gasteiger partial charge in [-0.25, -0.2) is 0 Å². The predicted octanol–water partition coefficient (Wildman–Crippen LogP) is 6.47. The smallest absolute Gasteiger partial charge is 0.158 e. The normalized spacial score (nSPS) is 11.1. The lowest BCUT2D eigenvalue weighted by atomic mass is 10.1. The zero-order chi connectivity index (χ0) is 17.9. The molecule has 0 saturated carbocycles. The maximum absolute atomic E-state index is 9.71. The summed E-state index contributed by atoms with van der Waals surface area (Å²) in [4.78, 5) is 2.12. The minimum atomic E-state index is -0.0810. The first-order chi connectivity index (χ1) is 12.2. The van der Waals surface area contributed by atoms with Gasteiger partial charge >= 0.3 is 0 Å². The summed E-state index contributed by atoms with van der Waals surface area (Å²) >= 11 is 3.31. The molecular formula is C20H27NO2S2. The molecule has 0 unspecified atom stereocenters. The molecule has 0 aliphatic rings. The van der Waals surface area contributed by atoms with Crippen molar-refractivity contribution in [3.63, 3.8) is 0 Å². The lowest BCUT2D eigenvalue weighted by Gasteiger charge is -2.20. The van der Waals surface area contributed by atoms with E-state index in [9.17, 15) is 10.2 Å². The lowest BCUT2D eigenvalue weighted by Crippen LogP contribution is -2.08. The Labute approximate surface area is 159 Å². The Bertz CT molecular complexity index is 622. The predicted molar refractivity (Wildman–Crippen MR) is 108 cm³/mol. The monoisotopic (exact) mass is 377 g/mol. The number of hydrogen-bond acceptors (Lipinski definition) is 5. The molecule has 0 fully saturated rings. The highest BCUT2D eigenvalue weighted by atomic mass is 32.2. The Morgan fingerprint density at radius 2 is 1.44 bits per heavy atom. The zero-order valence-electron chi connectivity index (χ0n) is 14.7. The quantitative estimate of drug-likeness (QED) is 0.267. The molecular weight excluding hydrogens is 350 g/mol. The third kappa shape index (κ3) is 7.63. The standard InChI is InChI=1S/C20H27NO2S2/c1-2-3-4-5-6-10-15-21(24-17-11-8-7-9-12-17)25-18-13-14-19(22)20(23)16-18/h7-9,11-14,16,22-23H,2-6,10,15H2,1H3. The molecule has 0 bridgehead atoms. The third-order valence-electron chi connectivity index (χ3n) is 3.80. The summed E-state index contributed by atoms with van der Waals surface area (Å²) in [6, 6.07) is 15.3. The minimum Gasteiger partial charge on any atom is -0.504 e. The molecule has 0 heterocycles. The average molecular weight is 378 g/mol. The Balaban J connectivity index is 1.92. The molecule has 0 amide bonds. The maximum atomic E-state index is 9.71. The molecule has 3 nitrogen and oxygen atoms in total. The first-order valence-corrected chi connectivity index (χ1v) is 10.4. The molecule has 2 N–H and O–H groups in total. The van der Waals surface area contributed by atoms with E-state index in [1.54, 1.807) is 30.0 Å². The van der Waals surface area contributed by atoms with Crippen molar-refractivity contribution < 1.29 is 10.2 Å². The van der Waals surface area contributed by atoms with Crippen LogP contribution in [0.1, 0.15) is 45.4 Å². The summed E-state index contributed by atoms with van der Waals surface area (Å²) < 4.78 is 2.25. The van der Waals surface area contributed by atoms with Crippen molar-refractivity contribution in [2.24, 2.45) is 0 Å². The van der Waals surface area contributed by atoms with Gasteiger partial charge in [0.1, 0.15) is 0 Å². The second-order valence-electron chi connectivity index (χ2n) is 5.97. The van der Waals surface area contributed by atoms with Gasteiger partial charge in [0.05, 0.1) is 0 Å². The van der Waals surface area contributed by atoms with Crippen LogP contribution in [0.15, 0.2) is 58.3 Å². The van der Waals surface area contributed by atoms with Gasteiger partial charge in [0.2, 0.25) is 0 Å². The van der Waals surface area contributed by atoms with E-state index in [2.05, 4.69) is 22.8 Å². The summed E-state index contributed by atoms with van der Waals surface area (Å²) in [6.07, 6.45) is 7.61. The van der Waals surface area contributed by atoms with Crippen LogP contribution in [0.4, 0.5) is 0 Å². The molecule has 0 saturated heterocycles. The molecule has 2 rings (SSSR count). The maximum Gasteiger partial charge on any atom is 0.158 e. The van der Waals surface area contributed by atoms with Gasteiger partial charge in [-0.1, -0.05) is 57.2 Å². The van der Waals surface area contributed by atoms with Crippen molar-refractivity contribution in [3.8, 4) is 11.5 Å². The van der Waals surface area contributed by atoms with Crippen LogP contribution in [0.2, 0.25) is 0 Å². The zero-order valence-corrected chi connectivity index (χ0v) is 16.4. The summed E-state index contributed by atoms with van der Waals surface area (Å²) in [5.41, 5.74) is 0. The van der Waals surface area contributed by atoms with Crippen molar-refractivity contribution in [1.29, 1.82) is 0 Å². The Hall–Kier alpha value is -1.30. The van der Waals surface area contributed by atoms with Gasteiger partial charge in [-0.05, 0) is 60.6 Å². The van der Waals surface area contributed by atoms with Gasteiger partial charge in [0.15, 0.2) is 11.5 Å². The summed E-state index contributed by atoms with van der Waals surface area (Å²) in [5, 5.41) is 19.2. The van der Waals surface area contributed by atoms with E-state index in [0.29, 0.717) is 0 Å². The topological polar surface area (TPSA) is 43.7 Å². The molecule has 0 aliphatic heterocycles. The summed E-state index contributed by atoms with van der Waals surface area (Å²) in [6.45, 7) is 3.21. The number of unbranched alkanes of at least 4 members (excludes halogenated alkanes) is 5. The van der Waals surface area contributed by atoms with Crippen molar-refractivity contribution in [1.82, 2.24) is 3.71 Å². The Morgan fingerprint density at radius 1 is 0.760 bits per heavy atom. The van der Waals surface area contributed by atoms with E-state index in [-0.39, 0.29) is 11.5 Å². The SMILES string of the molecule is CCCCCCCCN(Sc1ccccc1)Sc1ccc(O)c(O)c1. The van der Waals surface area contributed by atoms with Crippen LogP contribution in [0, 0.1) is 0 Å². The van der Waals surface area contributed by atoms with Crippen molar-refractivity contribution in [3.05, 3.63) is 48.5 Å².